The van der Waals surface area contributed by atoms with Gasteiger partial charge < -0.3 is 4.90 Å². The molecule has 0 N–H and O–H groups in total. The minimum Gasteiger partial charge on any atom is -0.326 e. The Kier molecular flexibility index (Phi) is 7.13. The second-order valence-corrected chi connectivity index (χ2v) is 7.88. The molecule has 1 amide bonds. The Labute approximate surface area is 157 Å². The molecule has 1 fully saturated rings. The van der Waals surface area contributed by atoms with Crippen molar-refractivity contribution >= 4 is 17.5 Å². The topological polar surface area (TPSA) is 54.5 Å². The van der Waals surface area contributed by atoms with Gasteiger partial charge in [0, 0.05) is 18.4 Å². The number of benzene rings is 1. The molecular formula is C22H31NO3. The number of rotatable bonds is 9. The highest BCUT2D eigenvalue weighted by atomic mass is 16.2. The Morgan fingerprint density at radius 2 is 1.81 bits per heavy atom. The highest BCUT2D eigenvalue weighted by molar-refractivity contribution is 6.38. The Balaban J connectivity index is 1.85. The second kappa shape index (κ2) is 9.11. The third kappa shape index (κ3) is 5.03. The Morgan fingerprint density at radius 1 is 1.12 bits per heavy atom. The van der Waals surface area contributed by atoms with Crippen molar-refractivity contribution in [2.75, 3.05) is 6.54 Å². The highest BCUT2D eigenvalue weighted by Crippen LogP contribution is 2.26. The summed E-state index contributed by atoms with van der Waals surface area (Å²) in [5.41, 5.74) is 0.619. The molecule has 1 aliphatic rings. The van der Waals surface area contributed by atoms with Gasteiger partial charge >= 0.3 is 0 Å². The molecule has 0 aliphatic carbocycles. The lowest BCUT2D eigenvalue weighted by Crippen LogP contribution is -2.47. The van der Waals surface area contributed by atoms with Crippen molar-refractivity contribution in [3.8, 4) is 0 Å². The van der Waals surface area contributed by atoms with Crippen molar-refractivity contribution in [3.05, 3.63) is 35.9 Å². The van der Waals surface area contributed by atoms with Crippen molar-refractivity contribution in [1.82, 2.24) is 4.90 Å². The average Bonchev–Trinajstić information content (AvgIpc) is 3.14. The average molecular weight is 357 g/mol. The zero-order valence-corrected chi connectivity index (χ0v) is 16.3. The minimum absolute atomic E-state index is 0.103. The van der Waals surface area contributed by atoms with Crippen molar-refractivity contribution in [3.63, 3.8) is 0 Å². The van der Waals surface area contributed by atoms with Gasteiger partial charge in [-0.05, 0) is 44.1 Å². The van der Waals surface area contributed by atoms with Crippen molar-refractivity contribution in [2.45, 2.75) is 71.8 Å². The van der Waals surface area contributed by atoms with E-state index in [-0.39, 0.29) is 11.6 Å². The van der Waals surface area contributed by atoms with E-state index in [9.17, 15) is 14.4 Å². The molecule has 2 rings (SSSR count). The summed E-state index contributed by atoms with van der Waals surface area (Å²) < 4.78 is 0. The summed E-state index contributed by atoms with van der Waals surface area (Å²) in [6, 6.07) is 9.84. The lowest BCUT2D eigenvalue weighted by atomic mass is 9.84. The number of unbranched alkanes of at least 4 members (excludes halogenated alkanes) is 1. The van der Waals surface area contributed by atoms with Crippen LogP contribution < -0.4 is 0 Å². The SMILES string of the molecule is CCC(C)(C)C(=O)C(=O)N1CCC[C@H]1C(=O)CCCCc1ccccc1. The summed E-state index contributed by atoms with van der Waals surface area (Å²) in [6.45, 7) is 6.02. The quantitative estimate of drug-likeness (QED) is 0.496. The van der Waals surface area contributed by atoms with Crippen LogP contribution in [-0.4, -0.2) is 35.0 Å². The van der Waals surface area contributed by atoms with E-state index in [1.807, 2.05) is 25.1 Å². The van der Waals surface area contributed by atoms with Gasteiger partial charge in [-0.2, -0.15) is 0 Å². The first-order chi connectivity index (χ1) is 12.4. The van der Waals surface area contributed by atoms with E-state index in [0.29, 0.717) is 25.8 Å². The molecule has 1 aromatic rings. The molecule has 1 atom stereocenters. The van der Waals surface area contributed by atoms with Gasteiger partial charge in [-0.25, -0.2) is 0 Å². The largest absolute Gasteiger partial charge is 0.326 e. The molecule has 142 valence electrons. The standard InChI is InChI=1S/C22H31NO3/c1-4-22(2,3)20(25)21(26)23-16-10-14-18(23)19(24)15-9-8-13-17-11-6-5-7-12-17/h5-7,11-12,18H,4,8-10,13-16H2,1-3H3/t18-/m0/s1. The molecule has 0 radical (unpaired) electrons. The van der Waals surface area contributed by atoms with Crippen LogP contribution in [0.5, 0.6) is 0 Å². The fraction of sp³-hybridized carbons (Fsp3) is 0.591. The third-order valence-corrected chi connectivity index (χ3v) is 5.56. The van der Waals surface area contributed by atoms with E-state index in [1.165, 1.54) is 10.5 Å². The fourth-order valence-electron chi connectivity index (χ4n) is 3.36. The number of aryl methyl sites for hydroxylation is 1. The Morgan fingerprint density at radius 3 is 2.46 bits per heavy atom. The normalized spacial score (nSPS) is 17.3. The van der Waals surface area contributed by atoms with Gasteiger partial charge in [-0.1, -0.05) is 51.1 Å². The number of likely N-dealkylation sites (tertiary alicyclic amines) is 1. The number of carbonyl (C=O) groups is 3. The van der Waals surface area contributed by atoms with Crippen LogP contribution in [0.1, 0.15) is 64.9 Å². The zero-order valence-electron chi connectivity index (χ0n) is 16.3. The molecule has 26 heavy (non-hydrogen) atoms. The molecule has 4 heteroatoms. The first kappa shape index (κ1) is 20.3. The summed E-state index contributed by atoms with van der Waals surface area (Å²) in [6.07, 6.45) is 5.31. The predicted molar refractivity (Wildman–Crippen MR) is 103 cm³/mol. The van der Waals surface area contributed by atoms with E-state index in [4.69, 9.17) is 0 Å². The first-order valence-electron chi connectivity index (χ1n) is 9.79. The van der Waals surface area contributed by atoms with Gasteiger partial charge in [0.25, 0.3) is 5.91 Å². The van der Waals surface area contributed by atoms with Crippen LogP contribution in [0, 0.1) is 5.41 Å². The van der Waals surface area contributed by atoms with Crippen LogP contribution in [0.3, 0.4) is 0 Å². The number of carbonyl (C=O) groups excluding carboxylic acids is 3. The van der Waals surface area contributed by atoms with E-state index in [1.54, 1.807) is 13.8 Å². The van der Waals surface area contributed by atoms with E-state index >= 15 is 0 Å². The number of nitrogens with zero attached hydrogens (tertiary/aromatic N) is 1. The maximum absolute atomic E-state index is 12.6. The summed E-state index contributed by atoms with van der Waals surface area (Å²) >= 11 is 0. The Bertz CT molecular complexity index is 636. The van der Waals surface area contributed by atoms with Crippen LogP contribution in [-0.2, 0) is 20.8 Å². The smallest absolute Gasteiger partial charge is 0.291 e. The lowest BCUT2D eigenvalue weighted by Gasteiger charge is -2.27. The maximum atomic E-state index is 12.6. The number of Topliss-reactive ketones (excluding diaryl/α,β-unsaturated/α-hetero) is 2. The highest BCUT2D eigenvalue weighted by Gasteiger charge is 2.40. The number of amides is 1. The van der Waals surface area contributed by atoms with Crippen molar-refractivity contribution in [1.29, 1.82) is 0 Å². The van der Waals surface area contributed by atoms with Gasteiger partial charge in [0.15, 0.2) is 5.78 Å². The third-order valence-electron chi connectivity index (χ3n) is 5.56. The van der Waals surface area contributed by atoms with Crippen molar-refractivity contribution in [2.24, 2.45) is 5.41 Å². The molecule has 0 saturated carbocycles. The second-order valence-electron chi connectivity index (χ2n) is 7.88. The Hall–Kier alpha value is -1.97. The number of hydrogen-bond acceptors (Lipinski definition) is 3. The molecule has 0 unspecified atom stereocenters. The molecule has 0 aromatic heterocycles. The van der Waals surface area contributed by atoms with E-state index in [0.717, 1.165) is 25.7 Å². The molecule has 1 aromatic carbocycles. The zero-order chi connectivity index (χ0) is 19.2. The summed E-state index contributed by atoms with van der Waals surface area (Å²) in [5, 5.41) is 0. The van der Waals surface area contributed by atoms with Gasteiger partial charge in [-0.3, -0.25) is 14.4 Å². The lowest BCUT2D eigenvalue weighted by molar-refractivity contribution is -0.151. The predicted octanol–water partition coefficient (Wildman–Crippen LogP) is 3.96. The summed E-state index contributed by atoms with van der Waals surface area (Å²) in [7, 11) is 0. The molecular weight excluding hydrogens is 326 g/mol. The first-order valence-corrected chi connectivity index (χ1v) is 9.79. The van der Waals surface area contributed by atoms with Crippen LogP contribution in [0.2, 0.25) is 0 Å². The summed E-state index contributed by atoms with van der Waals surface area (Å²) in [4.78, 5) is 39.2. The van der Waals surface area contributed by atoms with Crippen molar-refractivity contribution < 1.29 is 14.4 Å². The maximum Gasteiger partial charge on any atom is 0.291 e. The van der Waals surface area contributed by atoms with Crippen LogP contribution in [0.25, 0.3) is 0 Å². The van der Waals surface area contributed by atoms with Crippen LogP contribution in [0.15, 0.2) is 30.3 Å². The number of hydrogen-bond donors (Lipinski definition) is 0. The molecule has 0 bridgehead atoms. The minimum atomic E-state index is -0.664. The molecule has 4 nitrogen and oxygen atoms in total. The van der Waals surface area contributed by atoms with Gasteiger partial charge in [0.1, 0.15) is 0 Å². The monoisotopic (exact) mass is 357 g/mol. The summed E-state index contributed by atoms with van der Waals surface area (Å²) in [5.74, 6) is -0.744. The van der Waals surface area contributed by atoms with Gasteiger partial charge in [0.05, 0.1) is 6.04 Å². The van der Waals surface area contributed by atoms with Crippen LogP contribution in [0.4, 0.5) is 0 Å². The molecule has 1 aliphatic heterocycles. The fourth-order valence-corrected chi connectivity index (χ4v) is 3.36. The molecule has 0 spiro atoms. The molecule has 1 heterocycles. The molecule has 1 saturated heterocycles. The number of ketones is 2. The van der Waals surface area contributed by atoms with Crippen LogP contribution >= 0.6 is 0 Å². The van der Waals surface area contributed by atoms with E-state index in [2.05, 4.69) is 12.1 Å². The van der Waals surface area contributed by atoms with Gasteiger partial charge in [-0.15, -0.1) is 0 Å². The van der Waals surface area contributed by atoms with E-state index < -0.39 is 17.4 Å². The van der Waals surface area contributed by atoms with Gasteiger partial charge in [0.2, 0.25) is 5.78 Å².